The van der Waals surface area contributed by atoms with Gasteiger partial charge in [0.25, 0.3) is 11.6 Å². The number of hydrogen-bond acceptors (Lipinski definition) is 8. The lowest BCUT2D eigenvalue weighted by molar-refractivity contribution is -0.385. The molecule has 2 aliphatic heterocycles. The minimum atomic E-state index is -0.606. The highest BCUT2D eigenvalue weighted by Gasteiger charge is 2.27. The molecule has 0 saturated heterocycles. The van der Waals surface area contributed by atoms with Crippen molar-refractivity contribution in [1.29, 1.82) is 0 Å². The molecule has 10 heteroatoms. The van der Waals surface area contributed by atoms with E-state index in [2.05, 4.69) is 22.3 Å². The summed E-state index contributed by atoms with van der Waals surface area (Å²) in [6.07, 6.45) is 1.80. The van der Waals surface area contributed by atoms with Gasteiger partial charge in [0, 0.05) is 31.4 Å². The Labute approximate surface area is 213 Å². The second kappa shape index (κ2) is 10.4. The third-order valence-electron chi connectivity index (χ3n) is 6.66. The van der Waals surface area contributed by atoms with Gasteiger partial charge in [-0.2, -0.15) is 0 Å². The van der Waals surface area contributed by atoms with Gasteiger partial charge in [-0.15, -0.1) is 0 Å². The van der Waals surface area contributed by atoms with Crippen molar-refractivity contribution in [2.45, 2.75) is 19.4 Å². The summed E-state index contributed by atoms with van der Waals surface area (Å²) in [5.41, 5.74) is 3.80. The maximum Gasteiger partial charge on any atom is 0.286 e. The number of ether oxygens (including phenoxy) is 4. The van der Waals surface area contributed by atoms with Crippen LogP contribution in [0.15, 0.2) is 48.5 Å². The third kappa shape index (κ3) is 5.14. The van der Waals surface area contributed by atoms with Gasteiger partial charge in [-0.3, -0.25) is 19.8 Å². The number of hydrogen-bond donors (Lipinski definition) is 1. The summed E-state index contributed by atoms with van der Waals surface area (Å²) in [7, 11) is 3.30. The summed E-state index contributed by atoms with van der Waals surface area (Å²) >= 11 is 0. The first kappa shape index (κ1) is 24.4. The fraction of sp³-hybridized carbons (Fsp3) is 0.296. The van der Waals surface area contributed by atoms with Crippen molar-refractivity contribution in [2.24, 2.45) is 0 Å². The highest BCUT2D eigenvalue weighted by molar-refractivity contribution is 6.07. The van der Waals surface area contributed by atoms with Crippen LogP contribution >= 0.6 is 0 Å². The van der Waals surface area contributed by atoms with Crippen LogP contribution in [0.1, 0.15) is 27.0 Å². The number of fused-ring (bicyclic) bond motifs is 2. The van der Waals surface area contributed by atoms with Gasteiger partial charge >= 0.3 is 0 Å². The number of amides is 1. The first-order chi connectivity index (χ1) is 17.9. The van der Waals surface area contributed by atoms with Crippen molar-refractivity contribution in [3.8, 4) is 23.0 Å². The lowest BCUT2D eigenvalue weighted by atomic mass is 9.98. The molecule has 2 aliphatic rings. The molecule has 0 fully saturated rings. The zero-order valence-electron chi connectivity index (χ0n) is 20.6. The van der Waals surface area contributed by atoms with Crippen LogP contribution in [0.2, 0.25) is 0 Å². The minimum Gasteiger partial charge on any atom is -0.493 e. The molecule has 0 saturated carbocycles. The molecule has 3 aromatic carbocycles. The number of benzene rings is 3. The molecule has 5 rings (SSSR count). The zero-order valence-corrected chi connectivity index (χ0v) is 20.6. The van der Waals surface area contributed by atoms with Gasteiger partial charge < -0.3 is 24.3 Å². The number of anilines is 1. The van der Waals surface area contributed by atoms with E-state index < -0.39 is 10.8 Å². The van der Waals surface area contributed by atoms with E-state index in [1.165, 1.54) is 23.3 Å². The molecule has 3 aromatic rings. The molecular weight excluding hydrogens is 478 g/mol. The minimum absolute atomic E-state index is 0.0358. The Morgan fingerprint density at radius 3 is 2.38 bits per heavy atom. The van der Waals surface area contributed by atoms with Gasteiger partial charge in [0.15, 0.2) is 23.0 Å². The van der Waals surface area contributed by atoms with E-state index in [-0.39, 0.29) is 23.8 Å². The largest absolute Gasteiger partial charge is 0.493 e. The number of carbonyl (C=O) groups is 1. The number of nitrogens with zero attached hydrogens (tertiary/aromatic N) is 2. The van der Waals surface area contributed by atoms with E-state index in [1.54, 1.807) is 26.4 Å². The molecule has 0 aliphatic carbocycles. The highest BCUT2D eigenvalue weighted by Crippen LogP contribution is 2.38. The summed E-state index contributed by atoms with van der Waals surface area (Å²) in [6.45, 7) is 2.66. The normalized spacial score (nSPS) is 14.1. The highest BCUT2D eigenvalue weighted by atomic mass is 16.7. The van der Waals surface area contributed by atoms with Crippen LogP contribution in [0.3, 0.4) is 0 Å². The van der Waals surface area contributed by atoms with E-state index in [0.29, 0.717) is 11.4 Å². The van der Waals surface area contributed by atoms with Crippen molar-refractivity contribution >= 4 is 17.3 Å². The van der Waals surface area contributed by atoms with Crippen LogP contribution in [0.4, 0.5) is 11.4 Å². The molecule has 37 heavy (non-hydrogen) atoms. The average molecular weight is 506 g/mol. The van der Waals surface area contributed by atoms with Gasteiger partial charge in [-0.25, -0.2) is 0 Å². The molecule has 0 unspecified atom stereocenters. The smallest absolute Gasteiger partial charge is 0.286 e. The van der Waals surface area contributed by atoms with E-state index in [4.69, 9.17) is 18.9 Å². The standard InChI is InChI=1S/C27H27N3O7/c1-34-23-11-18-8-10-29(15-19(18)12-24(23)35-2)9-7-17-3-5-20(6-4-17)28-27(31)21-13-25-26(37-16-36-25)14-22(21)30(32)33/h3-6,11-14H,7-10,15-16H2,1-2H3,(H,28,31). The van der Waals surface area contributed by atoms with Gasteiger partial charge in [0.1, 0.15) is 5.56 Å². The predicted octanol–water partition coefficient (Wildman–Crippen LogP) is 4.19. The fourth-order valence-corrected chi connectivity index (χ4v) is 4.64. The Morgan fingerprint density at radius 1 is 1.03 bits per heavy atom. The summed E-state index contributed by atoms with van der Waals surface area (Å²) in [5.74, 6) is 1.48. The van der Waals surface area contributed by atoms with Crippen LogP contribution in [0.5, 0.6) is 23.0 Å². The molecule has 10 nitrogen and oxygen atoms in total. The Hall–Kier alpha value is -4.31. The second-order valence-corrected chi connectivity index (χ2v) is 8.88. The van der Waals surface area contributed by atoms with Gasteiger partial charge in [-0.1, -0.05) is 12.1 Å². The Balaban J connectivity index is 1.20. The third-order valence-corrected chi connectivity index (χ3v) is 6.66. The van der Waals surface area contributed by atoms with E-state index >= 15 is 0 Å². The molecule has 0 spiro atoms. The molecule has 0 radical (unpaired) electrons. The molecule has 1 amide bonds. The van der Waals surface area contributed by atoms with E-state index in [0.717, 1.165) is 49.5 Å². The quantitative estimate of drug-likeness (QED) is 0.358. The summed E-state index contributed by atoms with van der Waals surface area (Å²) in [4.78, 5) is 26.1. The monoisotopic (exact) mass is 505 g/mol. The number of methoxy groups -OCH3 is 2. The van der Waals surface area contributed by atoms with Crippen LogP contribution < -0.4 is 24.3 Å². The van der Waals surface area contributed by atoms with Crippen LogP contribution in [-0.2, 0) is 19.4 Å². The topological polar surface area (TPSA) is 112 Å². The van der Waals surface area contributed by atoms with Crippen molar-refractivity contribution in [1.82, 2.24) is 4.90 Å². The van der Waals surface area contributed by atoms with Crippen molar-refractivity contribution < 1.29 is 28.7 Å². The second-order valence-electron chi connectivity index (χ2n) is 8.88. The first-order valence-electron chi connectivity index (χ1n) is 11.9. The van der Waals surface area contributed by atoms with Gasteiger partial charge in [0.2, 0.25) is 6.79 Å². The molecule has 0 aromatic heterocycles. The number of carbonyl (C=O) groups excluding carboxylic acids is 1. The summed E-state index contributed by atoms with van der Waals surface area (Å²) in [6, 6.07) is 14.2. The lowest BCUT2D eigenvalue weighted by Gasteiger charge is -2.29. The SMILES string of the molecule is COc1cc2c(cc1OC)CN(CCc1ccc(NC(=O)c3cc4c(cc3[N+](=O)[O-])OCO4)cc1)CC2. The van der Waals surface area contributed by atoms with E-state index in [1.807, 2.05) is 12.1 Å². The molecule has 0 atom stereocenters. The summed E-state index contributed by atoms with van der Waals surface area (Å²) < 4.78 is 21.3. The molecular formula is C27H27N3O7. The molecule has 192 valence electrons. The van der Waals surface area contributed by atoms with Gasteiger partial charge in [0.05, 0.1) is 25.2 Å². The van der Waals surface area contributed by atoms with Gasteiger partial charge in [-0.05, 0) is 53.8 Å². The van der Waals surface area contributed by atoms with Crippen molar-refractivity contribution in [2.75, 3.05) is 39.4 Å². The molecule has 2 heterocycles. The molecule has 0 bridgehead atoms. The molecule has 1 N–H and O–H groups in total. The average Bonchev–Trinajstić information content (AvgIpc) is 3.38. The number of nitro benzene ring substituents is 1. The van der Waals surface area contributed by atoms with Crippen LogP contribution in [0, 0.1) is 10.1 Å². The Kier molecular flexibility index (Phi) is 6.82. The number of rotatable bonds is 8. The van der Waals surface area contributed by atoms with Crippen molar-refractivity contribution in [3.05, 3.63) is 80.9 Å². The number of nitrogens with one attached hydrogen (secondary N) is 1. The predicted molar refractivity (Wildman–Crippen MR) is 136 cm³/mol. The van der Waals surface area contributed by atoms with Crippen molar-refractivity contribution in [3.63, 3.8) is 0 Å². The van der Waals surface area contributed by atoms with E-state index in [9.17, 15) is 14.9 Å². The lowest BCUT2D eigenvalue weighted by Crippen LogP contribution is -2.32. The van der Waals surface area contributed by atoms with Crippen LogP contribution in [0.25, 0.3) is 0 Å². The maximum absolute atomic E-state index is 12.8. The Morgan fingerprint density at radius 2 is 1.70 bits per heavy atom. The first-order valence-corrected chi connectivity index (χ1v) is 11.9. The Bertz CT molecular complexity index is 1340. The fourth-order valence-electron chi connectivity index (χ4n) is 4.64. The maximum atomic E-state index is 12.8. The van der Waals surface area contributed by atoms with Crippen LogP contribution in [-0.4, -0.2) is 49.8 Å². The zero-order chi connectivity index (χ0) is 25.9. The summed E-state index contributed by atoms with van der Waals surface area (Å²) in [5, 5.41) is 14.2. The number of nitro groups is 1.